The molecule has 4 aromatic heterocycles. The highest BCUT2D eigenvalue weighted by Crippen LogP contribution is 2.36. The third kappa shape index (κ3) is 5.22. The van der Waals surface area contributed by atoms with Crippen molar-refractivity contribution in [3.8, 4) is 22.8 Å². The minimum atomic E-state index is -3.03. The van der Waals surface area contributed by atoms with Gasteiger partial charge in [0.25, 0.3) is 0 Å². The number of aryl methyl sites for hydroxylation is 1. The van der Waals surface area contributed by atoms with Gasteiger partial charge in [-0.2, -0.15) is 5.10 Å². The van der Waals surface area contributed by atoms with Crippen LogP contribution in [-0.4, -0.2) is 70.1 Å². The lowest BCUT2D eigenvalue weighted by atomic mass is 9.91. The molecule has 5 heterocycles. The minimum absolute atomic E-state index is 0.110. The fourth-order valence-electron chi connectivity index (χ4n) is 4.91. The molecule has 1 fully saturated rings. The van der Waals surface area contributed by atoms with Gasteiger partial charge in [-0.25, -0.2) is 18.1 Å². The highest BCUT2D eigenvalue weighted by molar-refractivity contribution is 7.99. The maximum Gasteiger partial charge on any atom is 0.157 e. The van der Waals surface area contributed by atoms with E-state index in [1.54, 1.807) is 31.3 Å². The van der Waals surface area contributed by atoms with Gasteiger partial charge in [-0.05, 0) is 32.0 Å². The molecule has 0 amide bonds. The number of methoxy groups -OCH3 is 1. The number of thioether (sulfide) groups is 1. The monoisotopic (exact) mass is 552 g/mol. The number of aromatic nitrogens is 5. The maximum atomic E-state index is 11.9. The molecule has 0 aromatic carbocycles. The topological polar surface area (TPSA) is 103 Å². The van der Waals surface area contributed by atoms with Gasteiger partial charge in [0.1, 0.15) is 20.6 Å². The zero-order valence-corrected chi connectivity index (χ0v) is 24.0. The average molecular weight is 553 g/mol. The molecule has 4 aromatic rings. The van der Waals surface area contributed by atoms with Gasteiger partial charge in [0.05, 0.1) is 35.8 Å². The third-order valence-corrected chi connectivity index (χ3v) is 8.79. The van der Waals surface area contributed by atoms with E-state index in [-0.39, 0.29) is 17.7 Å². The molecular formula is C27H32N6O3S2. The fraction of sp³-hybridized carbons (Fsp3) is 0.407. The van der Waals surface area contributed by atoms with Gasteiger partial charge in [0.15, 0.2) is 5.82 Å². The van der Waals surface area contributed by atoms with Gasteiger partial charge >= 0.3 is 0 Å². The summed E-state index contributed by atoms with van der Waals surface area (Å²) in [6, 6.07) is 8.05. The quantitative estimate of drug-likeness (QED) is 0.291. The van der Waals surface area contributed by atoms with E-state index in [9.17, 15) is 8.42 Å². The zero-order valence-electron chi connectivity index (χ0n) is 22.4. The lowest BCUT2D eigenvalue weighted by molar-refractivity contribution is 0.341. The molecule has 9 nitrogen and oxygen atoms in total. The number of hydrogen-bond donors (Lipinski definition) is 0. The van der Waals surface area contributed by atoms with Crippen molar-refractivity contribution in [2.45, 2.75) is 44.0 Å². The summed E-state index contributed by atoms with van der Waals surface area (Å²) in [7, 11) is -1.39. The van der Waals surface area contributed by atoms with Crippen LogP contribution in [0, 0.1) is 12.8 Å². The molecule has 200 valence electrons. The van der Waals surface area contributed by atoms with Crippen LogP contribution in [0.3, 0.4) is 0 Å². The van der Waals surface area contributed by atoms with Gasteiger partial charge in [0.2, 0.25) is 0 Å². The van der Waals surface area contributed by atoms with Crippen LogP contribution in [0.1, 0.15) is 26.5 Å². The number of ether oxygens (including phenoxy) is 1. The van der Waals surface area contributed by atoms with E-state index < -0.39 is 9.84 Å². The second kappa shape index (κ2) is 10.2. The van der Waals surface area contributed by atoms with Crippen LogP contribution >= 0.6 is 11.8 Å². The highest BCUT2D eigenvalue weighted by Gasteiger charge is 2.38. The van der Waals surface area contributed by atoms with E-state index in [0.29, 0.717) is 23.4 Å². The second-order valence-electron chi connectivity index (χ2n) is 10.1. The van der Waals surface area contributed by atoms with E-state index in [2.05, 4.69) is 36.7 Å². The van der Waals surface area contributed by atoms with Crippen molar-refractivity contribution >= 4 is 38.2 Å². The van der Waals surface area contributed by atoms with Gasteiger partial charge in [-0.1, -0.05) is 13.8 Å². The number of sulfone groups is 1. The molecule has 5 rings (SSSR count). The minimum Gasteiger partial charge on any atom is -0.496 e. The summed E-state index contributed by atoms with van der Waals surface area (Å²) in [5, 5.41) is 6.90. The van der Waals surface area contributed by atoms with Crippen LogP contribution in [0.25, 0.3) is 28.0 Å². The lowest BCUT2D eigenvalue weighted by Crippen LogP contribution is -2.57. The van der Waals surface area contributed by atoms with Crippen molar-refractivity contribution in [1.82, 2.24) is 24.7 Å². The SMILES string of the molecule is COc1ccncc1-c1cc2c(cnn2-c2cc(N3C[C@H](CS(C)(=O)=O)[C@H]3C)cc(SC(C)C)n2)c(C)n1. The molecule has 0 bridgehead atoms. The lowest BCUT2D eigenvalue weighted by Gasteiger charge is -2.48. The number of anilines is 1. The Morgan fingerprint density at radius 3 is 2.66 bits per heavy atom. The first kappa shape index (κ1) is 26.4. The molecule has 0 unspecified atom stereocenters. The van der Waals surface area contributed by atoms with Crippen molar-refractivity contribution in [3.05, 3.63) is 48.5 Å². The standard InChI is InChI=1S/C27H32N6O3S2/c1-16(2)37-27-10-20(32-14-19(18(32)4)15-38(6,34)35)9-26(31-27)33-24-11-23(30-17(3)21(24)13-29-33)22-12-28-8-7-25(22)36-5/h7-13,16,18-19H,14-15H2,1-6H3/t18-,19-/m1/s1. The molecular weight excluding hydrogens is 520 g/mol. The van der Waals surface area contributed by atoms with Gasteiger partial charge < -0.3 is 9.64 Å². The van der Waals surface area contributed by atoms with Crippen LogP contribution in [0.5, 0.6) is 5.75 Å². The average Bonchev–Trinajstić information content (AvgIpc) is 3.29. The largest absolute Gasteiger partial charge is 0.496 e. The molecule has 1 aliphatic heterocycles. The highest BCUT2D eigenvalue weighted by atomic mass is 32.2. The summed E-state index contributed by atoms with van der Waals surface area (Å²) >= 11 is 1.69. The first-order chi connectivity index (χ1) is 18.0. The van der Waals surface area contributed by atoms with Crippen LogP contribution in [0.15, 0.2) is 47.9 Å². The second-order valence-corrected chi connectivity index (χ2v) is 13.9. The van der Waals surface area contributed by atoms with Crippen molar-refractivity contribution < 1.29 is 13.2 Å². The van der Waals surface area contributed by atoms with Gasteiger partial charge in [0, 0.05) is 65.2 Å². The predicted octanol–water partition coefficient (Wildman–Crippen LogP) is 4.56. The van der Waals surface area contributed by atoms with E-state index in [1.165, 1.54) is 6.26 Å². The molecule has 2 atom stereocenters. The Morgan fingerprint density at radius 1 is 1.18 bits per heavy atom. The molecule has 0 spiro atoms. The molecule has 0 aliphatic carbocycles. The third-order valence-electron chi connectivity index (χ3n) is 6.83. The van der Waals surface area contributed by atoms with E-state index in [0.717, 1.165) is 38.6 Å². The van der Waals surface area contributed by atoms with Gasteiger partial charge in [-0.3, -0.25) is 9.97 Å². The Bertz CT molecular complexity index is 1600. The Kier molecular flexibility index (Phi) is 7.08. The number of nitrogens with zero attached hydrogens (tertiary/aromatic N) is 6. The number of hydrogen-bond acceptors (Lipinski definition) is 9. The molecule has 11 heteroatoms. The summed E-state index contributed by atoms with van der Waals surface area (Å²) in [6.07, 6.45) is 6.57. The summed E-state index contributed by atoms with van der Waals surface area (Å²) < 4.78 is 31.1. The smallest absolute Gasteiger partial charge is 0.157 e. The van der Waals surface area contributed by atoms with Crippen molar-refractivity contribution in [1.29, 1.82) is 0 Å². The normalized spacial score (nSPS) is 17.7. The molecule has 0 radical (unpaired) electrons. The maximum absolute atomic E-state index is 11.9. The number of pyridine rings is 3. The first-order valence-corrected chi connectivity index (χ1v) is 15.5. The Morgan fingerprint density at radius 2 is 1.97 bits per heavy atom. The Labute approximate surface area is 227 Å². The zero-order chi connectivity index (χ0) is 27.2. The van der Waals surface area contributed by atoms with Crippen LogP contribution in [-0.2, 0) is 9.84 Å². The molecule has 0 N–H and O–H groups in total. The first-order valence-electron chi connectivity index (χ1n) is 12.5. The fourth-order valence-corrected chi connectivity index (χ4v) is 6.89. The van der Waals surface area contributed by atoms with Crippen molar-refractivity contribution in [2.75, 3.05) is 30.6 Å². The van der Waals surface area contributed by atoms with E-state index in [1.807, 2.05) is 36.0 Å². The summed E-state index contributed by atoms with van der Waals surface area (Å²) in [6.45, 7) is 9.02. The molecule has 38 heavy (non-hydrogen) atoms. The van der Waals surface area contributed by atoms with Crippen LogP contribution < -0.4 is 9.64 Å². The molecule has 1 saturated heterocycles. The van der Waals surface area contributed by atoms with E-state index >= 15 is 0 Å². The number of rotatable bonds is 8. The number of fused-ring (bicyclic) bond motifs is 1. The Hall–Kier alpha value is -3.18. The van der Waals surface area contributed by atoms with Crippen molar-refractivity contribution in [2.24, 2.45) is 5.92 Å². The predicted molar refractivity (Wildman–Crippen MR) is 152 cm³/mol. The van der Waals surface area contributed by atoms with Gasteiger partial charge in [-0.15, -0.1) is 11.8 Å². The molecule has 1 aliphatic rings. The van der Waals surface area contributed by atoms with Crippen LogP contribution in [0.4, 0.5) is 5.69 Å². The molecule has 0 saturated carbocycles. The Balaban J connectivity index is 1.59. The summed E-state index contributed by atoms with van der Waals surface area (Å²) in [5.74, 6) is 1.71. The summed E-state index contributed by atoms with van der Waals surface area (Å²) in [4.78, 5) is 16.3. The van der Waals surface area contributed by atoms with Crippen molar-refractivity contribution in [3.63, 3.8) is 0 Å². The van der Waals surface area contributed by atoms with E-state index in [4.69, 9.17) is 19.8 Å². The summed E-state index contributed by atoms with van der Waals surface area (Å²) in [5.41, 5.74) is 4.29. The van der Waals surface area contributed by atoms with Crippen LogP contribution in [0.2, 0.25) is 0 Å².